The van der Waals surface area contributed by atoms with Gasteiger partial charge in [-0.25, -0.2) is 4.98 Å². The zero-order valence-electron chi connectivity index (χ0n) is 13.2. The quantitative estimate of drug-likeness (QED) is 0.923. The average molecular weight is 351 g/mol. The summed E-state index contributed by atoms with van der Waals surface area (Å²) in [5.41, 5.74) is -0.0621. The van der Waals surface area contributed by atoms with Gasteiger partial charge in [-0.05, 0) is 24.3 Å². The van der Waals surface area contributed by atoms with E-state index in [9.17, 15) is 18.0 Å². The zero-order chi connectivity index (χ0) is 17.9. The molecule has 2 heterocycles. The maximum atomic E-state index is 12.8. The van der Waals surface area contributed by atoms with Crippen LogP contribution in [0.3, 0.4) is 0 Å². The maximum absolute atomic E-state index is 12.8. The van der Waals surface area contributed by atoms with E-state index in [1.54, 1.807) is 12.1 Å². The Balaban J connectivity index is 1.82. The molecule has 1 aromatic heterocycles. The number of pyridine rings is 1. The Morgan fingerprint density at radius 1 is 1.08 bits per heavy atom. The average Bonchev–Trinajstić information content (AvgIpc) is 2.62. The summed E-state index contributed by atoms with van der Waals surface area (Å²) in [5, 5.41) is 2.65. The molecule has 3 rings (SSSR count). The summed E-state index contributed by atoms with van der Waals surface area (Å²) in [4.78, 5) is 17.8. The Morgan fingerprint density at radius 2 is 1.80 bits per heavy atom. The fourth-order valence-corrected chi connectivity index (χ4v) is 2.56. The Morgan fingerprint density at radius 3 is 2.52 bits per heavy atom. The molecule has 0 spiro atoms. The molecule has 1 amide bonds. The van der Waals surface area contributed by atoms with Gasteiger partial charge >= 0.3 is 6.18 Å². The molecule has 1 N–H and O–H groups in total. The molecule has 0 saturated carbocycles. The Bertz CT molecular complexity index is 759. The number of aromatic nitrogens is 1. The van der Waals surface area contributed by atoms with Gasteiger partial charge in [-0.2, -0.15) is 13.2 Å². The second kappa shape index (κ2) is 7.10. The monoisotopic (exact) mass is 351 g/mol. The minimum atomic E-state index is -4.60. The number of anilines is 2. The number of carbonyl (C=O) groups is 1. The summed E-state index contributed by atoms with van der Waals surface area (Å²) >= 11 is 0. The molecule has 1 fully saturated rings. The third kappa shape index (κ3) is 4.08. The lowest BCUT2D eigenvalue weighted by atomic mass is 10.2. The van der Waals surface area contributed by atoms with Crippen LogP contribution in [0, 0.1) is 0 Å². The fraction of sp³-hybridized carbons (Fsp3) is 0.294. The standard InChI is InChI=1S/C17H16F3N3O2/c18-17(19,20)15-7-3-5-13(21-15)16(24)22-12-4-1-2-6-14(12)23-8-10-25-11-9-23/h1-7H,8-11H2,(H,22,24). The smallest absolute Gasteiger partial charge is 0.378 e. The lowest BCUT2D eigenvalue weighted by Gasteiger charge is -2.30. The normalized spacial score (nSPS) is 15.1. The number of halogens is 3. The highest BCUT2D eigenvalue weighted by molar-refractivity contribution is 6.04. The van der Waals surface area contributed by atoms with Gasteiger partial charge in [-0.3, -0.25) is 4.79 Å². The van der Waals surface area contributed by atoms with Crippen molar-refractivity contribution in [3.63, 3.8) is 0 Å². The number of morpholine rings is 1. The summed E-state index contributed by atoms with van der Waals surface area (Å²) in [5.74, 6) is -0.688. The minimum Gasteiger partial charge on any atom is -0.378 e. The van der Waals surface area contributed by atoms with E-state index in [2.05, 4.69) is 15.2 Å². The van der Waals surface area contributed by atoms with Crippen LogP contribution >= 0.6 is 0 Å². The van der Waals surface area contributed by atoms with Crippen molar-refractivity contribution in [3.8, 4) is 0 Å². The molecule has 2 aromatic rings. The van der Waals surface area contributed by atoms with E-state index in [0.717, 1.165) is 11.8 Å². The van der Waals surface area contributed by atoms with Crippen LogP contribution in [-0.4, -0.2) is 37.2 Å². The van der Waals surface area contributed by atoms with Gasteiger partial charge in [0.2, 0.25) is 0 Å². The first-order valence-corrected chi connectivity index (χ1v) is 7.72. The zero-order valence-corrected chi connectivity index (χ0v) is 13.2. The van der Waals surface area contributed by atoms with Crippen LogP contribution in [0.1, 0.15) is 16.2 Å². The first kappa shape index (κ1) is 17.2. The van der Waals surface area contributed by atoms with Crippen molar-refractivity contribution in [1.29, 1.82) is 0 Å². The summed E-state index contributed by atoms with van der Waals surface area (Å²) < 4.78 is 43.6. The van der Waals surface area contributed by atoms with Gasteiger partial charge in [-0.15, -0.1) is 0 Å². The van der Waals surface area contributed by atoms with Gasteiger partial charge < -0.3 is 15.0 Å². The largest absolute Gasteiger partial charge is 0.433 e. The molecule has 0 aliphatic carbocycles. The van der Waals surface area contributed by atoms with Crippen molar-refractivity contribution in [2.45, 2.75) is 6.18 Å². The third-order valence-corrected chi connectivity index (χ3v) is 3.78. The first-order valence-electron chi connectivity index (χ1n) is 7.72. The number of nitrogens with zero attached hydrogens (tertiary/aromatic N) is 2. The molecule has 0 bridgehead atoms. The van der Waals surface area contributed by atoms with Gasteiger partial charge in [0.15, 0.2) is 0 Å². The van der Waals surface area contributed by atoms with Crippen LogP contribution in [0.4, 0.5) is 24.5 Å². The maximum Gasteiger partial charge on any atom is 0.433 e. The van der Waals surface area contributed by atoms with Crippen molar-refractivity contribution < 1.29 is 22.7 Å². The lowest BCUT2D eigenvalue weighted by Crippen LogP contribution is -2.36. The number of nitrogens with one attached hydrogen (secondary N) is 1. The van der Waals surface area contributed by atoms with Gasteiger partial charge in [0.1, 0.15) is 11.4 Å². The molecule has 1 aliphatic heterocycles. The molecule has 25 heavy (non-hydrogen) atoms. The second-order valence-corrected chi connectivity index (χ2v) is 5.48. The van der Waals surface area contributed by atoms with Crippen molar-refractivity contribution in [2.75, 3.05) is 36.5 Å². The number of para-hydroxylation sites is 2. The predicted octanol–water partition coefficient (Wildman–Crippen LogP) is 3.19. The molecule has 5 nitrogen and oxygen atoms in total. The number of benzene rings is 1. The first-order chi connectivity index (χ1) is 11.9. The van der Waals surface area contributed by atoms with Crippen LogP contribution < -0.4 is 10.2 Å². The molecule has 132 valence electrons. The molecular weight excluding hydrogens is 335 g/mol. The van der Waals surface area contributed by atoms with Crippen molar-refractivity contribution in [3.05, 3.63) is 53.9 Å². The molecular formula is C17H16F3N3O2. The van der Waals surface area contributed by atoms with Gasteiger partial charge in [-0.1, -0.05) is 18.2 Å². The SMILES string of the molecule is O=C(Nc1ccccc1N1CCOCC1)c1cccc(C(F)(F)F)n1. The van der Waals surface area contributed by atoms with E-state index in [1.165, 1.54) is 12.1 Å². The lowest BCUT2D eigenvalue weighted by molar-refractivity contribution is -0.141. The number of carbonyl (C=O) groups excluding carboxylic acids is 1. The van der Waals surface area contributed by atoms with E-state index in [4.69, 9.17) is 4.74 Å². The van der Waals surface area contributed by atoms with Crippen molar-refractivity contribution in [2.24, 2.45) is 0 Å². The summed E-state index contributed by atoms with van der Waals surface area (Å²) in [6.07, 6.45) is -4.60. The van der Waals surface area contributed by atoms with Crippen LogP contribution in [0.2, 0.25) is 0 Å². The summed E-state index contributed by atoms with van der Waals surface area (Å²) in [7, 11) is 0. The van der Waals surface area contributed by atoms with Gasteiger partial charge in [0.05, 0.1) is 24.6 Å². The van der Waals surface area contributed by atoms with Crippen LogP contribution in [0.5, 0.6) is 0 Å². The molecule has 0 unspecified atom stereocenters. The van der Waals surface area contributed by atoms with E-state index >= 15 is 0 Å². The Labute approximate surface area is 142 Å². The molecule has 0 atom stereocenters. The van der Waals surface area contributed by atoms with Gasteiger partial charge in [0.25, 0.3) is 5.91 Å². The Hall–Kier alpha value is -2.61. The van der Waals surface area contributed by atoms with E-state index in [0.29, 0.717) is 32.0 Å². The number of hydrogen-bond acceptors (Lipinski definition) is 4. The highest BCUT2D eigenvalue weighted by Crippen LogP contribution is 2.29. The molecule has 8 heteroatoms. The predicted molar refractivity (Wildman–Crippen MR) is 86.7 cm³/mol. The van der Waals surface area contributed by atoms with Crippen LogP contribution in [0.25, 0.3) is 0 Å². The number of ether oxygens (including phenoxy) is 1. The summed E-state index contributed by atoms with van der Waals surface area (Å²) in [6.45, 7) is 2.51. The number of alkyl halides is 3. The van der Waals surface area contributed by atoms with Crippen LogP contribution in [-0.2, 0) is 10.9 Å². The van der Waals surface area contributed by atoms with Gasteiger partial charge in [0, 0.05) is 13.1 Å². The van der Waals surface area contributed by atoms with E-state index < -0.39 is 17.8 Å². The van der Waals surface area contributed by atoms with Crippen molar-refractivity contribution in [1.82, 2.24) is 4.98 Å². The second-order valence-electron chi connectivity index (χ2n) is 5.48. The third-order valence-electron chi connectivity index (χ3n) is 3.78. The van der Waals surface area contributed by atoms with Crippen LogP contribution in [0.15, 0.2) is 42.5 Å². The summed E-state index contributed by atoms with van der Waals surface area (Å²) in [6, 6.07) is 10.4. The fourth-order valence-electron chi connectivity index (χ4n) is 2.56. The highest BCUT2D eigenvalue weighted by Gasteiger charge is 2.33. The number of rotatable bonds is 3. The van der Waals surface area contributed by atoms with E-state index in [-0.39, 0.29) is 5.69 Å². The van der Waals surface area contributed by atoms with Crippen molar-refractivity contribution >= 4 is 17.3 Å². The Kier molecular flexibility index (Phi) is 4.89. The molecule has 0 radical (unpaired) electrons. The topological polar surface area (TPSA) is 54.5 Å². The number of hydrogen-bond donors (Lipinski definition) is 1. The molecule has 1 saturated heterocycles. The van der Waals surface area contributed by atoms with E-state index in [1.807, 2.05) is 12.1 Å². The minimum absolute atomic E-state index is 0.286. The molecule has 1 aliphatic rings. The highest BCUT2D eigenvalue weighted by atomic mass is 19.4. The number of amides is 1. The molecule has 1 aromatic carbocycles.